The van der Waals surface area contributed by atoms with Crippen molar-refractivity contribution in [2.75, 3.05) is 12.5 Å². The standard InChI is InChI=1S/C25H24N2O2S2/c1-25(2,31(4,28)29)21-14-19-9-6-12-26-24(19)22(15-21)18-8-5-7-17(13-18)20-10-11-23(30-3)27-16-20/h5-16H,1-4H3. The Morgan fingerprint density at radius 2 is 1.65 bits per heavy atom. The molecule has 6 heteroatoms. The molecule has 0 fully saturated rings. The molecule has 0 saturated carbocycles. The van der Waals surface area contributed by atoms with Gasteiger partial charge in [-0.15, -0.1) is 11.8 Å². The monoisotopic (exact) mass is 448 g/mol. The third-order valence-corrected chi connectivity index (χ3v) is 8.53. The topological polar surface area (TPSA) is 59.9 Å². The summed E-state index contributed by atoms with van der Waals surface area (Å²) in [6, 6.07) is 20.0. The molecule has 2 aromatic heterocycles. The largest absolute Gasteiger partial charge is 0.256 e. The van der Waals surface area contributed by atoms with Crippen LogP contribution in [0, 0.1) is 0 Å². The molecule has 0 aliphatic heterocycles. The summed E-state index contributed by atoms with van der Waals surface area (Å²) >= 11 is 1.61. The molecular weight excluding hydrogens is 424 g/mol. The van der Waals surface area contributed by atoms with Crippen LogP contribution in [-0.4, -0.2) is 30.9 Å². The maximum absolute atomic E-state index is 12.5. The average molecular weight is 449 g/mol. The number of pyridine rings is 2. The maximum atomic E-state index is 12.5. The second kappa shape index (κ2) is 8.09. The minimum atomic E-state index is -3.31. The second-order valence-electron chi connectivity index (χ2n) is 8.05. The van der Waals surface area contributed by atoms with Gasteiger partial charge in [-0.05, 0) is 67.1 Å². The van der Waals surface area contributed by atoms with Gasteiger partial charge in [-0.3, -0.25) is 4.98 Å². The number of fused-ring (bicyclic) bond motifs is 1. The van der Waals surface area contributed by atoms with Crippen molar-refractivity contribution in [3.63, 3.8) is 0 Å². The number of nitrogens with zero attached hydrogens (tertiary/aromatic N) is 2. The van der Waals surface area contributed by atoms with Gasteiger partial charge in [-0.25, -0.2) is 13.4 Å². The van der Waals surface area contributed by atoms with Crippen LogP contribution in [0.4, 0.5) is 0 Å². The zero-order valence-electron chi connectivity index (χ0n) is 18.0. The van der Waals surface area contributed by atoms with E-state index in [-0.39, 0.29) is 0 Å². The molecule has 4 aromatic rings. The molecule has 2 heterocycles. The molecule has 4 rings (SSSR count). The average Bonchev–Trinajstić information content (AvgIpc) is 2.77. The molecule has 0 saturated heterocycles. The summed E-state index contributed by atoms with van der Waals surface area (Å²) < 4.78 is 24.0. The predicted octanol–water partition coefficient (Wildman–Crippen LogP) is 5.97. The summed E-state index contributed by atoms with van der Waals surface area (Å²) in [5.41, 5.74) is 5.59. The number of rotatable bonds is 5. The van der Waals surface area contributed by atoms with E-state index in [4.69, 9.17) is 0 Å². The summed E-state index contributed by atoms with van der Waals surface area (Å²) in [6.07, 6.45) is 6.93. The molecule has 2 aromatic carbocycles. The highest BCUT2D eigenvalue weighted by Gasteiger charge is 2.33. The van der Waals surface area contributed by atoms with Crippen LogP contribution in [0.3, 0.4) is 0 Å². The number of hydrogen-bond acceptors (Lipinski definition) is 5. The summed E-state index contributed by atoms with van der Waals surface area (Å²) in [6.45, 7) is 3.50. The Morgan fingerprint density at radius 3 is 2.32 bits per heavy atom. The molecule has 31 heavy (non-hydrogen) atoms. The van der Waals surface area contributed by atoms with Gasteiger partial charge >= 0.3 is 0 Å². The van der Waals surface area contributed by atoms with Gasteiger partial charge in [0.25, 0.3) is 0 Å². The van der Waals surface area contributed by atoms with E-state index in [0.717, 1.165) is 43.7 Å². The summed E-state index contributed by atoms with van der Waals surface area (Å²) in [7, 11) is -3.31. The molecular formula is C25H24N2O2S2. The van der Waals surface area contributed by atoms with Gasteiger partial charge in [0.1, 0.15) is 0 Å². The Morgan fingerprint density at radius 1 is 0.871 bits per heavy atom. The van der Waals surface area contributed by atoms with Crippen LogP contribution in [-0.2, 0) is 14.6 Å². The molecule has 0 radical (unpaired) electrons. The van der Waals surface area contributed by atoms with Crippen molar-refractivity contribution in [3.8, 4) is 22.3 Å². The first kappa shape index (κ1) is 21.5. The first-order valence-electron chi connectivity index (χ1n) is 9.90. The highest BCUT2D eigenvalue weighted by atomic mass is 32.2. The first-order chi connectivity index (χ1) is 14.7. The lowest BCUT2D eigenvalue weighted by Gasteiger charge is -2.24. The zero-order valence-corrected chi connectivity index (χ0v) is 19.6. The van der Waals surface area contributed by atoms with E-state index < -0.39 is 14.6 Å². The van der Waals surface area contributed by atoms with Crippen LogP contribution in [0.15, 0.2) is 78.1 Å². The fourth-order valence-electron chi connectivity index (χ4n) is 3.51. The lowest BCUT2D eigenvalue weighted by Crippen LogP contribution is -2.28. The molecule has 158 valence electrons. The van der Waals surface area contributed by atoms with Gasteiger partial charge in [-0.1, -0.05) is 30.3 Å². The number of thioether (sulfide) groups is 1. The Labute approximate surface area is 187 Å². The molecule has 0 aliphatic carbocycles. The van der Waals surface area contributed by atoms with E-state index in [1.807, 2.05) is 54.9 Å². The third kappa shape index (κ3) is 4.10. The zero-order chi connectivity index (χ0) is 22.2. The molecule has 0 N–H and O–H groups in total. The molecule has 0 amide bonds. The third-order valence-electron chi connectivity index (χ3n) is 5.78. The van der Waals surface area contributed by atoms with Crippen LogP contribution in [0.25, 0.3) is 33.2 Å². The predicted molar refractivity (Wildman–Crippen MR) is 130 cm³/mol. The van der Waals surface area contributed by atoms with E-state index in [1.165, 1.54) is 6.26 Å². The number of hydrogen-bond donors (Lipinski definition) is 0. The van der Waals surface area contributed by atoms with Crippen molar-refractivity contribution in [1.29, 1.82) is 0 Å². The maximum Gasteiger partial charge on any atom is 0.156 e. The molecule has 0 aliphatic rings. The van der Waals surface area contributed by atoms with E-state index in [0.29, 0.717) is 0 Å². The molecule has 0 atom stereocenters. The van der Waals surface area contributed by atoms with Crippen LogP contribution in [0.5, 0.6) is 0 Å². The lowest BCUT2D eigenvalue weighted by molar-refractivity contribution is 0.561. The number of aromatic nitrogens is 2. The van der Waals surface area contributed by atoms with Gasteiger partial charge in [0.05, 0.1) is 15.3 Å². The summed E-state index contributed by atoms with van der Waals surface area (Å²) in [5.74, 6) is 0. The Bertz CT molecular complexity index is 1360. The quantitative estimate of drug-likeness (QED) is 0.352. The van der Waals surface area contributed by atoms with Gasteiger partial charge in [-0.2, -0.15) is 0 Å². The van der Waals surface area contributed by atoms with Crippen LogP contribution in [0.2, 0.25) is 0 Å². The fourth-order valence-corrected chi connectivity index (χ4v) is 4.42. The second-order valence-corrected chi connectivity index (χ2v) is 11.4. The van der Waals surface area contributed by atoms with E-state index in [9.17, 15) is 8.42 Å². The smallest absolute Gasteiger partial charge is 0.156 e. The molecule has 0 bridgehead atoms. The van der Waals surface area contributed by atoms with Crippen LogP contribution in [0.1, 0.15) is 19.4 Å². The lowest BCUT2D eigenvalue weighted by atomic mass is 9.92. The minimum Gasteiger partial charge on any atom is -0.256 e. The summed E-state index contributed by atoms with van der Waals surface area (Å²) in [5, 5.41) is 1.90. The van der Waals surface area contributed by atoms with Gasteiger partial charge in [0, 0.05) is 35.2 Å². The normalized spacial score (nSPS) is 12.3. The van der Waals surface area contributed by atoms with Crippen molar-refractivity contribution < 1.29 is 8.42 Å². The molecule has 4 nitrogen and oxygen atoms in total. The number of benzene rings is 2. The van der Waals surface area contributed by atoms with Crippen LogP contribution < -0.4 is 0 Å². The first-order valence-corrected chi connectivity index (χ1v) is 13.0. The SMILES string of the molecule is CSc1ccc(-c2cccc(-c3cc(C(C)(C)S(C)(=O)=O)cc4cccnc34)c2)cn1. The van der Waals surface area contributed by atoms with Gasteiger partial charge < -0.3 is 0 Å². The van der Waals surface area contributed by atoms with Crippen molar-refractivity contribution in [2.45, 2.75) is 23.6 Å². The molecule has 0 unspecified atom stereocenters. The number of sulfone groups is 1. The van der Waals surface area contributed by atoms with E-state index in [1.54, 1.807) is 31.8 Å². The highest BCUT2D eigenvalue weighted by molar-refractivity contribution is 7.98. The van der Waals surface area contributed by atoms with E-state index >= 15 is 0 Å². The van der Waals surface area contributed by atoms with Gasteiger partial charge in [0.2, 0.25) is 0 Å². The van der Waals surface area contributed by atoms with Crippen molar-refractivity contribution in [2.24, 2.45) is 0 Å². The van der Waals surface area contributed by atoms with Crippen LogP contribution >= 0.6 is 11.8 Å². The van der Waals surface area contributed by atoms with Gasteiger partial charge in [0.15, 0.2) is 9.84 Å². The van der Waals surface area contributed by atoms with Crippen molar-refractivity contribution in [3.05, 3.63) is 78.6 Å². The Balaban J connectivity index is 1.91. The van der Waals surface area contributed by atoms with Crippen molar-refractivity contribution >= 4 is 32.5 Å². The summed E-state index contributed by atoms with van der Waals surface area (Å²) in [4.78, 5) is 9.09. The molecule has 0 spiro atoms. The Kier molecular flexibility index (Phi) is 5.62. The minimum absolute atomic E-state index is 0.752. The highest BCUT2D eigenvalue weighted by Crippen LogP contribution is 2.37. The Hall–Kier alpha value is -2.70. The van der Waals surface area contributed by atoms with Crippen molar-refractivity contribution in [1.82, 2.24) is 9.97 Å². The fraction of sp³-hybridized carbons (Fsp3) is 0.200. The van der Waals surface area contributed by atoms with E-state index in [2.05, 4.69) is 28.2 Å².